The number of nitrogens with zero attached hydrogens (tertiary/aromatic N) is 2. The summed E-state index contributed by atoms with van der Waals surface area (Å²) in [4.78, 5) is 0. The molecule has 0 saturated heterocycles. The number of ether oxygens (including phenoxy) is 1. The fourth-order valence-corrected chi connectivity index (χ4v) is 2.13. The molecule has 2 rings (SSSR count). The number of methoxy groups -OCH3 is 1. The van der Waals surface area contributed by atoms with E-state index in [2.05, 4.69) is 10.4 Å². The van der Waals surface area contributed by atoms with Crippen LogP contribution in [0.25, 0.3) is 0 Å². The monoisotopic (exact) mass is 269 g/mol. The van der Waals surface area contributed by atoms with Gasteiger partial charge in [-0.1, -0.05) is 11.6 Å². The average molecular weight is 270 g/mol. The Morgan fingerprint density at radius 3 is 3.06 bits per heavy atom. The van der Waals surface area contributed by atoms with Crippen LogP contribution in [-0.2, 0) is 11.3 Å². The Kier molecular flexibility index (Phi) is 4.41. The Hall–Kier alpha value is -1.30. The molecular formula is C12H16ClN3O2. The molecule has 2 heterocycles. The summed E-state index contributed by atoms with van der Waals surface area (Å²) in [5.74, 6) is 0.804. The maximum Gasteiger partial charge on any atom is 0.126 e. The molecule has 1 unspecified atom stereocenters. The molecule has 0 amide bonds. The summed E-state index contributed by atoms with van der Waals surface area (Å²) < 4.78 is 12.3. The topological polar surface area (TPSA) is 52.2 Å². The molecule has 1 atom stereocenters. The van der Waals surface area contributed by atoms with Gasteiger partial charge >= 0.3 is 0 Å². The third kappa shape index (κ3) is 2.58. The lowest BCUT2D eigenvalue weighted by Crippen LogP contribution is -2.22. The van der Waals surface area contributed by atoms with Crippen molar-refractivity contribution in [3.63, 3.8) is 0 Å². The van der Waals surface area contributed by atoms with E-state index in [4.69, 9.17) is 20.8 Å². The predicted octanol–water partition coefficient (Wildman–Crippen LogP) is 2.08. The first-order valence-corrected chi connectivity index (χ1v) is 6.06. The molecule has 6 heteroatoms. The Morgan fingerprint density at radius 1 is 1.61 bits per heavy atom. The van der Waals surface area contributed by atoms with E-state index in [0.717, 1.165) is 11.5 Å². The summed E-state index contributed by atoms with van der Waals surface area (Å²) in [5, 5.41) is 8.05. The van der Waals surface area contributed by atoms with Crippen LogP contribution in [0.3, 0.4) is 0 Å². The SMILES string of the molecule is CNC(c1ccco1)c1c(Cl)cnn1CCOC. The quantitative estimate of drug-likeness (QED) is 0.872. The number of hydrogen-bond donors (Lipinski definition) is 1. The lowest BCUT2D eigenvalue weighted by molar-refractivity contribution is 0.181. The van der Waals surface area contributed by atoms with Gasteiger partial charge in [0.1, 0.15) is 11.8 Å². The highest BCUT2D eigenvalue weighted by Crippen LogP contribution is 2.28. The minimum atomic E-state index is -0.119. The third-order valence-corrected chi connectivity index (χ3v) is 3.02. The van der Waals surface area contributed by atoms with Crippen molar-refractivity contribution < 1.29 is 9.15 Å². The molecule has 0 radical (unpaired) electrons. The maximum absolute atomic E-state index is 6.21. The molecule has 0 spiro atoms. The zero-order valence-corrected chi connectivity index (χ0v) is 11.1. The van der Waals surface area contributed by atoms with Gasteiger partial charge in [-0.3, -0.25) is 4.68 Å². The number of rotatable bonds is 6. The van der Waals surface area contributed by atoms with Crippen molar-refractivity contribution in [2.75, 3.05) is 20.8 Å². The van der Waals surface area contributed by atoms with Crippen LogP contribution in [-0.4, -0.2) is 30.5 Å². The van der Waals surface area contributed by atoms with E-state index in [1.165, 1.54) is 0 Å². The van der Waals surface area contributed by atoms with Crippen molar-refractivity contribution in [3.05, 3.63) is 41.1 Å². The van der Waals surface area contributed by atoms with Gasteiger partial charge in [0.2, 0.25) is 0 Å². The lowest BCUT2D eigenvalue weighted by atomic mass is 10.1. The van der Waals surface area contributed by atoms with Crippen molar-refractivity contribution in [2.45, 2.75) is 12.6 Å². The Labute approximate surface area is 111 Å². The van der Waals surface area contributed by atoms with Crippen LogP contribution in [0.5, 0.6) is 0 Å². The molecule has 0 aliphatic heterocycles. The minimum Gasteiger partial charge on any atom is -0.467 e. The number of furan rings is 1. The zero-order valence-electron chi connectivity index (χ0n) is 10.4. The first kappa shape index (κ1) is 13.1. The molecule has 0 fully saturated rings. The van der Waals surface area contributed by atoms with Gasteiger partial charge in [-0.15, -0.1) is 0 Å². The summed E-state index contributed by atoms with van der Waals surface area (Å²) in [6, 6.07) is 3.64. The van der Waals surface area contributed by atoms with Gasteiger partial charge in [-0.2, -0.15) is 5.10 Å². The third-order valence-electron chi connectivity index (χ3n) is 2.73. The fraction of sp³-hybridized carbons (Fsp3) is 0.417. The second-order valence-electron chi connectivity index (χ2n) is 3.83. The Bertz CT molecular complexity index is 481. The molecule has 18 heavy (non-hydrogen) atoms. The first-order valence-electron chi connectivity index (χ1n) is 5.68. The van der Waals surface area contributed by atoms with E-state index in [1.54, 1.807) is 19.6 Å². The van der Waals surface area contributed by atoms with Crippen LogP contribution in [0.2, 0.25) is 5.02 Å². The number of aromatic nitrogens is 2. The van der Waals surface area contributed by atoms with Crippen LogP contribution in [0, 0.1) is 0 Å². The summed E-state index contributed by atoms with van der Waals surface area (Å²) in [6.45, 7) is 1.23. The second kappa shape index (κ2) is 6.04. The minimum absolute atomic E-state index is 0.119. The molecule has 0 saturated carbocycles. The van der Waals surface area contributed by atoms with Crippen LogP contribution < -0.4 is 5.32 Å². The van der Waals surface area contributed by atoms with E-state index in [0.29, 0.717) is 18.2 Å². The standard InChI is InChI=1S/C12H16ClN3O2/c1-14-11(10-4-3-6-18-10)12-9(13)8-15-16(12)5-7-17-2/h3-4,6,8,11,14H,5,7H2,1-2H3. The molecule has 98 valence electrons. The normalized spacial score (nSPS) is 12.8. The summed E-state index contributed by atoms with van der Waals surface area (Å²) in [7, 11) is 3.52. The molecular weight excluding hydrogens is 254 g/mol. The number of nitrogens with one attached hydrogen (secondary N) is 1. The summed E-state index contributed by atoms with van der Waals surface area (Å²) >= 11 is 6.21. The average Bonchev–Trinajstić information content (AvgIpc) is 3.00. The Balaban J connectivity index is 2.32. The van der Waals surface area contributed by atoms with Gasteiger partial charge in [-0.05, 0) is 19.2 Å². The lowest BCUT2D eigenvalue weighted by Gasteiger charge is -2.16. The molecule has 2 aromatic rings. The molecule has 5 nitrogen and oxygen atoms in total. The van der Waals surface area contributed by atoms with Crippen LogP contribution in [0.4, 0.5) is 0 Å². The molecule has 2 aromatic heterocycles. The Morgan fingerprint density at radius 2 is 2.44 bits per heavy atom. The van der Waals surface area contributed by atoms with Crippen LogP contribution in [0.15, 0.2) is 29.0 Å². The van der Waals surface area contributed by atoms with Crippen molar-refractivity contribution in [1.82, 2.24) is 15.1 Å². The van der Waals surface area contributed by atoms with E-state index in [1.807, 2.05) is 23.9 Å². The predicted molar refractivity (Wildman–Crippen MR) is 68.7 cm³/mol. The van der Waals surface area contributed by atoms with Crippen molar-refractivity contribution >= 4 is 11.6 Å². The van der Waals surface area contributed by atoms with E-state index in [9.17, 15) is 0 Å². The highest BCUT2D eigenvalue weighted by atomic mass is 35.5. The largest absolute Gasteiger partial charge is 0.467 e. The summed E-state index contributed by atoms with van der Waals surface area (Å²) in [6.07, 6.45) is 3.28. The molecule has 0 aliphatic rings. The highest BCUT2D eigenvalue weighted by molar-refractivity contribution is 6.31. The smallest absolute Gasteiger partial charge is 0.126 e. The summed E-state index contributed by atoms with van der Waals surface area (Å²) in [5.41, 5.74) is 0.881. The first-order chi connectivity index (χ1) is 8.77. The van der Waals surface area contributed by atoms with Crippen LogP contribution >= 0.6 is 11.6 Å². The van der Waals surface area contributed by atoms with E-state index in [-0.39, 0.29) is 6.04 Å². The van der Waals surface area contributed by atoms with Gasteiger partial charge in [0, 0.05) is 7.11 Å². The maximum atomic E-state index is 6.21. The van der Waals surface area contributed by atoms with Crippen molar-refractivity contribution in [1.29, 1.82) is 0 Å². The van der Waals surface area contributed by atoms with Gasteiger partial charge < -0.3 is 14.5 Å². The van der Waals surface area contributed by atoms with Crippen molar-refractivity contribution in [3.8, 4) is 0 Å². The number of halogens is 1. The van der Waals surface area contributed by atoms with Gasteiger partial charge in [0.05, 0.1) is 36.3 Å². The van der Waals surface area contributed by atoms with Gasteiger partial charge in [-0.25, -0.2) is 0 Å². The zero-order chi connectivity index (χ0) is 13.0. The van der Waals surface area contributed by atoms with Crippen molar-refractivity contribution in [2.24, 2.45) is 0 Å². The molecule has 0 bridgehead atoms. The highest BCUT2D eigenvalue weighted by Gasteiger charge is 2.22. The number of hydrogen-bond acceptors (Lipinski definition) is 4. The molecule has 0 aliphatic carbocycles. The van der Waals surface area contributed by atoms with E-state index < -0.39 is 0 Å². The van der Waals surface area contributed by atoms with Crippen LogP contribution in [0.1, 0.15) is 17.5 Å². The molecule has 1 N–H and O–H groups in total. The van der Waals surface area contributed by atoms with Gasteiger partial charge in [0.25, 0.3) is 0 Å². The van der Waals surface area contributed by atoms with E-state index >= 15 is 0 Å². The fourth-order valence-electron chi connectivity index (χ4n) is 1.88. The molecule has 0 aromatic carbocycles. The van der Waals surface area contributed by atoms with Gasteiger partial charge in [0.15, 0.2) is 0 Å². The second-order valence-corrected chi connectivity index (χ2v) is 4.24.